The van der Waals surface area contributed by atoms with Gasteiger partial charge in [-0.1, -0.05) is 24.3 Å². The highest BCUT2D eigenvalue weighted by Gasteiger charge is 2.31. The Bertz CT molecular complexity index is 576. The van der Waals surface area contributed by atoms with Crippen LogP contribution in [0.15, 0.2) is 48.5 Å². The molecule has 0 saturated carbocycles. The molecule has 2 nitrogen and oxygen atoms in total. The second kappa shape index (κ2) is 5.45. The number of rotatable bonds is 3. The lowest BCUT2D eigenvalue weighted by Crippen LogP contribution is -2.17. The third kappa shape index (κ3) is 3.66. The fourth-order valence-electron chi connectivity index (χ4n) is 1.82. The third-order valence-corrected chi connectivity index (χ3v) is 2.78. The molecule has 0 spiro atoms. The highest BCUT2D eigenvalue weighted by molar-refractivity contribution is 5.67. The molecular formula is C15H14F3NO. The molecule has 0 unspecified atom stereocenters. The molecule has 0 fully saturated rings. The van der Waals surface area contributed by atoms with Crippen molar-refractivity contribution >= 4 is 5.69 Å². The van der Waals surface area contributed by atoms with Gasteiger partial charge in [-0.15, -0.1) is 13.2 Å². The van der Waals surface area contributed by atoms with Crippen LogP contribution in [0.1, 0.15) is 0 Å². The van der Waals surface area contributed by atoms with Crippen LogP contribution in [-0.2, 0) is 0 Å². The molecule has 106 valence electrons. The lowest BCUT2D eigenvalue weighted by Gasteiger charge is -2.13. The number of hydrogen-bond donors (Lipinski definition) is 0. The van der Waals surface area contributed by atoms with Crippen LogP contribution in [0.3, 0.4) is 0 Å². The summed E-state index contributed by atoms with van der Waals surface area (Å²) in [6.07, 6.45) is -4.67. The molecule has 0 atom stereocenters. The molecule has 2 aromatic rings. The number of halogens is 3. The van der Waals surface area contributed by atoms with E-state index in [9.17, 15) is 13.2 Å². The third-order valence-electron chi connectivity index (χ3n) is 2.78. The topological polar surface area (TPSA) is 12.5 Å². The molecule has 2 aromatic carbocycles. The monoisotopic (exact) mass is 281 g/mol. The van der Waals surface area contributed by atoms with Crippen molar-refractivity contribution in [2.24, 2.45) is 0 Å². The molecule has 0 amide bonds. The summed E-state index contributed by atoms with van der Waals surface area (Å²) >= 11 is 0. The van der Waals surface area contributed by atoms with Crippen LogP contribution in [0.25, 0.3) is 11.1 Å². The van der Waals surface area contributed by atoms with Gasteiger partial charge in [-0.2, -0.15) is 0 Å². The van der Waals surface area contributed by atoms with Gasteiger partial charge in [-0.3, -0.25) is 0 Å². The Morgan fingerprint density at radius 3 is 2.10 bits per heavy atom. The number of benzene rings is 2. The molecule has 0 heterocycles. The van der Waals surface area contributed by atoms with E-state index in [4.69, 9.17) is 0 Å². The highest BCUT2D eigenvalue weighted by Crippen LogP contribution is 2.28. The van der Waals surface area contributed by atoms with Crippen LogP contribution in [0.4, 0.5) is 18.9 Å². The number of nitrogens with zero attached hydrogens (tertiary/aromatic N) is 1. The SMILES string of the molecule is CN(C)c1ccc(-c2cccc(OC(F)(F)F)c2)cc1. The highest BCUT2D eigenvalue weighted by atomic mass is 19.4. The first-order valence-electron chi connectivity index (χ1n) is 5.99. The van der Waals surface area contributed by atoms with E-state index in [0.29, 0.717) is 5.56 Å². The van der Waals surface area contributed by atoms with E-state index in [1.54, 1.807) is 6.07 Å². The van der Waals surface area contributed by atoms with Gasteiger partial charge in [0.05, 0.1) is 0 Å². The zero-order valence-electron chi connectivity index (χ0n) is 11.1. The summed E-state index contributed by atoms with van der Waals surface area (Å²) in [5, 5.41) is 0. The smallest absolute Gasteiger partial charge is 0.406 e. The summed E-state index contributed by atoms with van der Waals surface area (Å²) in [7, 11) is 3.85. The van der Waals surface area contributed by atoms with Crippen molar-refractivity contribution in [1.29, 1.82) is 0 Å². The van der Waals surface area contributed by atoms with E-state index in [0.717, 1.165) is 11.3 Å². The quantitative estimate of drug-likeness (QED) is 0.830. The minimum absolute atomic E-state index is 0.216. The Balaban J connectivity index is 2.26. The van der Waals surface area contributed by atoms with Crippen molar-refractivity contribution in [2.75, 3.05) is 19.0 Å². The Hall–Kier alpha value is -2.17. The molecule has 0 saturated heterocycles. The van der Waals surface area contributed by atoms with Gasteiger partial charge in [-0.05, 0) is 35.4 Å². The van der Waals surface area contributed by atoms with Crippen LogP contribution in [0.2, 0.25) is 0 Å². The summed E-state index contributed by atoms with van der Waals surface area (Å²) in [5.74, 6) is -0.216. The number of anilines is 1. The van der Waals surface area contributed by atoms with Gasteiger partial charge in [0.25, 0.3) is 0 Å². The largest absolute Gasteiger partial charge is 0.573 e. The van der Waals surface area contributed by atoms with Gasteiger partial charge in [0.15, 0.2) is 0 Å². The molecule has 5 heteroatoms. The van der Waals surface area contributed by atoms with Gasteiger partial charge in [-0.25, -0.2) is 0 Å². The summed E-state index contributed by atoms with van der Waals surface area (Å²) < 4.78 is 40.5. The Morgan fingerprint density at radius 1 is 0.900 bits per heavy atom. The van der Waals surface area contributed by atoms with Gasteiger partial charge in [0.2, 0.25) is 0 Å². The van der Waals surface area contributed by atoms with E-state index < -0.39 is 6.36 Å². The minimum atomic E-state index is -4.67. The first-order chi connectivity index (χ1) is 9.35. The van der Waals surface area contributed by atoms with E-state index in [-0.39, 0.29) is 5.75 Å². The maximum atomic E-state index is 12.2. The summed E-state index contributed by atoms with van der Waals surface area (Å²) in [6, 6.07) is 13.5. The average molecular weight is 281 g/mol. The maximum absolute atomic E-state index is 12.2. The summed E-state index contributed by atoms with van der Waals surface area (Å²) in [6.45, 7) is 0. The van der Waals surface area contributed by atoms with E-state index in [2.05, 4.69) is 4.74 Å². The molecule has 0 aromatic heterocycles. The fourth-order valence-corrected chi connectivity index (χ4v) is 1.82. The van der Waals surface area contributed by atoms with Gasteiger partial charge < -0.3 is 9.64 Å². The fraction of sp³-hybridized carbons (Fsp3) is 0.200. The Morgan fingerprint density at radius 2 is 1.55 bits per heavy atom. The van der Waals surface area contributed by atoms with E-state index in [1.807, 2.05) is 43.3 Å². The van der Waals surface area contributed by atoms with Gasteiger partial charge in [0, 0.05) is 19.8 Å². The molecule has 0 radical (unpaired) electrons. The van der Waals surface area contributed by atoms with E-state index >= 15 is 0 Å². The van der Waals surface area contributed by atoms with Crippen molar-refractivity contribution in [2.45, 2.75) is 6.36 Å². The predicted octanol–water partition coefficient (Wildman–Crippen LogP) is 4.32. The second-order valence-corrected chi connectivity index (χ2v) is 4.52. The predicted molar refractivity (Wildman–Crippen MR) is 72.9 cm³/mol. The molecule has 2 rings (SSSR count). The Kier molecular flexibility index (Phi) is 3.88. The lowest BCUT2D eigenvalue weighted by atomic mass is 10.1. The Labute approximate surface area is 115 Å². The summed E-state index contributed by atoms with van der Waals surface area (Å²) in [5.41, 5.74) is 2.54. The van der Waals surface area contributed by atoms with Crippen molar-refractivity contribution in [3.05, 3.63) is 48.5 Å². The average Bonchev–Trinajstić information content (AvgIpc) is 2.37. The molecule has 0 aliphatic carbocycles. The maximum Gasteiger partial charge on any atom is 0.573 e. The normalized spacial score (nSPS) is 11.2. The van der Waals surface area contributed by atoms with Crippen LogP contribution in [-0.4, -0.2) is 20.5 Å². The zero-order chi connectivity index (χ0) is 14.8. The number of hydrogen-bond acceptors (Lipinski definition) is 2. The van der Waals surface area contributed by atoms with Crippen LogP contribution in [0, 0.1) is 0 Å². The van der Waals surface area contributed by atoms with Gasteiger partial charge >= 0.3 is 6.36 Å². The van der Waals surface area contributed by atoms with E-state index in [1.165, 1.54) is 18.2 Å². The molecular weight excluding hydrogens is 267 g/mol. The first-order valence-corrected chi connectivity index (χ1v) is 5.99. The molecule has 0 bridgehead atoms. The standard InChI is InChI=1S/C15H14F3NO/c1-19(2)13-8-6-11(7-9-13)12-4-3-5-14(10-12)20-15(16,17)18/h3-10H,1-2H3. The van der Waals surface area contributed by atoms with Crippen molar-refractivity contribution in [3.63, 3.8) is 0 Å². The number of ether oxygens (including phenoxy) is 1. The van der Waals surface area contributed by atoms with Crippen molar-refractivity contribution < 1.29 is 17.9 Å². The second-order valence-electron chi connectivity index (χ2n) is 4.52. The van der Waals surface area contributed by atoms with Crippen molar-refractivity contribution in [3.8, 4) is 16.9 Å². The van der Waals surface area contributed by atoms with Crippen molar-refractivity contribution in [1.82, 2.24) is 0 Å². The van der Waals surface area contributed by atoms with Crippen LogP contribution < -0.4 is 9.64 Å². The molecule has 0 aliphatic heterocycles. The molecule has 0 N–H and O–H groups in total. The minimum Gasteiger partial charge on any atom is -0.406 e. The number of alkyl halides is 3. The zero-order valence-corrected chi connectivity index (χ0v) is 11.1. The first kappa shape index (κ1) is 14.2. The van der Waals surface area contributed by atoms with Crippen LogP contribution >= 0.6 is 0 Å². The molecule has 20 heavy (non-hydrogen) atoms. The van der Waals surface area contributed by atoms with Crippen LogP contribution in [0.5, 0.6) is 5.75 Å². The lowest BCUT2D eigenvalue weighted by molar-refractivity contribution is -0.274. The molecule has 0 aliphatic rings. The van der Waals surface area contributed by atoms with Gasteiger partial charge in [0.1, 0.15) is 5.75 Å². The summed E-state index contributed by atoms with van der Waals surface area (Å²) in [4.78, 5) is 1.95.